The van der Waals surface area contributed by atoms with E-state index in [1.165, 1.54) is 0 Å². The Balaban J connectivity index is 1.84. The van der Waals surface area contributed by atoms with Gasteiger partial charge in [-0.25, -0.2) is 0 Å². The molecule has 0 atom stereocenters. The zero-order valence-electron chi connectivity index (χ0n) is 13.6. The van der Waals surface area contributed by atoms with E-state index in [-0.39, 0.29) is 24.9 Å². The highest BCUT2D eigenvalue weighted by Gasteiger charge is 2.08. The molecule has 2 rings (SSSR count). The van der Waals surface area contributed by atoms with Crippen molar-refractivity contribution in [2.24, 2.45) is 0 Å². The predicted molar refractivity (Wildman–Crippen MR) is 97.4 cm³/mol. The monoisotopic (exact) mass is 381 g/mol. The Morgan fingerprint density at radius 3 is 2.44 bits per heavy atom. The van der Waals surface area contributed by atoms with Gasteiger partial charge in [-0.3, -0.25) is 9.59 Å². The zero-order valence-corrected chi connectivity index (χ0v) is 15.1. The first-order valence-corrected chi connectivity index (χ1v) is 8.35. The summed E-state index contributed by atoms with van der Waals surface area (Å²) in [6, 6.07) is 11.7. The fraction of sp³-hybridized carbons (Fsp3) is 0.222. The smallest absolute Gasteiger partial charge is 0.310 e. The van der Waals surface area contributed by atoms with Gasteiger partial charge in [0.2, 0.25) is 0 Å². The molecule has 132 valence electrons. The Kier molecular flexibility index (Phi) is 7.10. The number of halogens is 2. The first kappa shape index (κ1) is 19.1. The zero-order chi connectivity index (χ0) is 18.2. The fourth-order valence-electron chi connectivity index (χ4n) is 2.02. The van der Waals surface area contributed by atoms with Crippen molar-refractivity contribution in [2.45, 2.75) is 13.3 Å². The highest BCUT2D eigenvalue weighted by Crippen LogP contribution is 2.27. The molecule has 0 aliphatic heterocycles. The molecule has 2 aromatic carbocycles. The van der Waals surface area contributed by atoms with Gasteiger partial charge in [0.05, 0.1) is 18.1 Å². The summed E-state index contributed by atoms with van der Waals surface area (Å²) in [4.78, 5) is 23.3. The average molecular weight is 382 g/mol. The van der Waals surface area contributed by atoms with Crippen LogP contribution in [0.1, 0.15) is 12.5 Å². The standard InChI is InChI=1S/C18H17Cl2NO4/c1-2-24-18(23)9-12-3-6-14(7-4-12)21-17(22)11-25-16-8-5-13(19)10-15(16)20/h3-8,10H,2,9,11H2,1H3,(H,21,22). The minimum absolute atomic E-state index is 0.189. The Morgan fingerprint density at radius 1 is 1.08 bits per heavy atom. The van der Waals surface area contributed by atoms with Gasteiger partial charge in [0, 0.05) is 10.7 Å². The summed E-state index contributed by atoms with van der Waals surface area (Å²) < 4.78 is 10.3. The number of rotatable bonds is 7. The van der Waals surface area contributed by atoms with Gasteiger partial charge >= 0.3 is 5.97 Å². The van der Waals surface area contributed by atoms with Gasteiger partial charge in [0.25, 0.3) is 5.91 Å². The van der Waals surface area contributed by atoms with Crippen molar-refractivity contribution in [3.63, 3.8) is 0 Å². The van der Waals surface area contributed by atoms with Crippen LogP contribution in [0.25, 0.3) is 0 Å². The fourth-order valence-corrected chi connectivity index (χ4v) is 2.48. The number of anilines is 1. The number of ether oxygens (including phenoxy) is 2. The summed E-state index contributed by atoms with van der Waals surface area (Å²) in [7, 11) is 0. The molecule has 1 N–H and O–H groups in total. The van der Waals surface area contributed by atoms with Crippen LogP contribution < -0.4 is 10.1 Å². The summed E-state index contributed by atoms with van der Waals surface area (Å²) in [5.41, 5.74) is 1.41. The molecule has 0 saturated carbocycles. The molecule has 0 saturated heterocycles. The summed E-state index contributed by atoms with van der Waals surface area (Å²) in [6.45, 7) is 1.92. The quantitative estimate of drug-likeness (QED) is 0.732. The highest BCUT2D eigenvalue weighted by molar-refractivity contribution is 6.35. The molecule has 0 aromatic heterocycles. The molecule has 0 bridgehead atoms. The Morgan fingerprint density at radius 2 is 1.80 bits per heavy atom. The third kappa shape index (κ3) is 6.29. The molecule has 0 heterocycles. The predicted octanol–water partition coefficient (Wildman–Crippen LogP) is 4.12. The normalized spacial score (nSPS) is 10.2. The van der Waals surface area contributed by atoms with Gasteiger partial charge in [-0.05, 0) is 42.8 Å². The summed E-state index contributed by atoms with van der Waals surface area (Å²) in [5.74, 6) is -0.234. The van der Waals surface area contributed by atoms with Crippen LogP contribution in [-0.4, -0.2) is 25.1 Å². The number of esters is 1. The molecular formula is C18H17Cl2NO4. The SMILES string of the molecule is CCOC(=O)Cc1ccc(NC(=O)COc2ccc(Cl)cc2Cl)cc1. The van der Waals surface area contributed by atoms with Gasteiger partial charge in [-0.1, -0.05) is 35.3 Å². The van der Waals surface area contributed by atoms with E-state index < -0.39 is 0 Å². The van der Waals surface area contributed by atoms with Gasteiger partial charge in [0.15, 0.2) is 6.61 Å². The van der Waals surface area contributed by atoms with E-state index in [0.717, 1.165) is 5.56 Å². The molecule has 5 nitrogen and oxygen atoms in total. The van der Waals surface area contributed by atoms with Gasteiger partial charge in [-0.2, -0.15) is 0 Å². The minimum atomic E-state index is -0.329. The molecule has 7 heteroatoms. The lowest BCUT2D eigenvalue weighted by Gasteiger charge is -2.09. The number of amides is 1. The number of carbonyl (C=O) groups is 2. The van der Waals surface area contributed by atoms with E-state index in [9.17, 15) is 9.59 Å². The lowest BCUT2D eigenvalue weighted by atomic mass is 10.1. The van der Waals surface area contributed by atoms with E-state index in [4.69, 9.17) is 32.7 Å². The van der Waals surface area contributed by atoms with Crippen molar-refractivity contribution in [1.82, 2.24) is 0 Å². The van der Waals surface area contributed by atoms with Crippen LogP contribution in [0.4, 0.5) is 5.69 Å². The number of hydrogen-bond donors (Lipinski definition) is 1. The molecule has 0 unspecified atom stereocenters. The van der Waals surface area contributed by atoms with Crippen molar-refractivity contribution in [3.8, 4) is 5.75 Å². The molecular weight excluding hydrogens is 365 g/mol. The van der Waals surface area contributed by atoms with E-state index in [2.05, 4.69) is 5.32 Å². The van der Waals surface area contributed by atoms with Crippen LogP contribution in [0, 0.1) is 0 Å². The van der Waals surface area contributed by atoms with E-state index in [0.29, 0.717) is 28.1 Å². The maximum absolute atomic E-state index is 11.9. The van der Waals surface area contributed by atoms with Gasteiger partial charge in [-0.15, -0.1) is 0 Å². The molecule has 0 aliphatic rings. The number of nitrogens with one attached hydrogen (secondary N) is 1. The number of carbonyl (C=O) groups excluding carboxylic acids is 2. The summed E-state index contributed by atoms with van der Waals surface area (Å²) >= 11 is 11.8. The molecule has 0 aliphatic carbocycles. The van der Waals surface area contributed by atoms with Crippen molar-refractivity contribution in [3.05, 3.63) is 58.1 Å². The van der Waals surface area contributed by atoms with Crippen LogP contribution >= 0.6 is 23.2 Å². The van der Waals surface area contributed by atoms with E-state index >= 15 is 0 Å². The minimum Gasteiger partial charge on any atom is -0.482 e. The number of benzene rings is 2. The van der Waals surface area contributed by atoms with Crippen LogP contribution in [0.3, 0.4) is 0 Å². The van der Waals surface area contributed by atoms with E-state index in [1.54, 1.807) is 49.4 Å². The Bertz CT molecular complexity index is 747. The molecule has 0 fully saturated rings. The van der Waals surface area contributed by atoms with E-state index in [1.807, 2.05) is 0 Å². The molecule has 0 radical (unpaired) electrons. The second-order valence-electron chi connectivity index (χ2n) is 5.09. The molecule has 0 spiro atoms. The Hall–Kier alpha value is -2.24. The first-order chi connectivity index (χ1) is 12.0. The van der Waals surface area contributed by atoms with Gasteiger partial charge < -0.3 is 14.8 Å². The maximum atomic E-state index is 11.9. The van der Waals surface area contributed by atoms with Crippen molar-refractivity contribution < 1.29 is 19.1 Å². The topological polar surface area (TPSA) is 64.6 Å². The maximum Gasteiger partial charge on any atom is 0.310 e. The summed E-state index contributed by atoms with van der Waals surface area (Å²) in [5, 5.41) is 3.53. The second-order valence-corrected chi connectivity index (χ2v) is 5.93. The van der Waals surface area contributed by atoms with Crippen LogP contribution in [0.5, 0.6) is 5.75 Å². The van der Waals surface area contributed by atoms with Crippen LogP contribution in [0.15, 0.2) is 42.5 Å². The van der Waals surface area contributed by atoms with Crippen molar-refractivity contribution in [1.29, 1.82) is 0 Å². The number of hydrogen-bond acceptors (Lipinski definition) is 4. The lowest BCUT2D eigenvalue weighted by molar-refractivity contribution is -0.142. The van der Waals surface area contributed by atoms with Crippen LogP contribution in [0.2, 0.25) is 10.0 Å². The summed E-state index contributed by atoms with van der Waals surface area (Å²) in [6.07, 6.45) is 0.195. The average Bonchev–Trinajstić information content (AvgIpc) is 2.56. The first-order valence-electron chi connectivity index (χ1n) is 7.60. The van der Waals surface area contributed by atoms with Crippen molar-refractivity contribution >= 4 is 40.8 Å². The largest absolute Gasteiger partial charge is 0.482 e. The Labute approximate surface area is 155 Å². The third-order valence-corrected chi connectivity index (χ3v) is 3.67. The molecule has 2 aromatic rings. The van der Waals surface area contributed by atoms with Crippen LogP contribution in [-0.2, 0) is 20.7 Å². The highest BCUT2D eigenvalue weighted by atomic mass is 35.5. The van der Waals surface area contributed by atoms with Crippen molar-refractivity contribution in [2.75, 3.05) is 18.5 Å². The molecule has 1 amide bonds. The second kappa shape index (κ2) is 9.30. The van der Waals surface area contributed by atoms with Gasteiger partial charge in [0.1, 0.15) is 5.75 Å². The third-order valence-electron chi connectivity index (χ3n) is 3.14. The lowest BCUT2D eigenvalue weighted by Crippen LogP contribution is -2.20. The molecule has 25 heavy (non-hydrogen) atoms.